The van der Waals surface area contributed by atoms with Crippen molar-refractivity contribution in [1.29, 1.82) is 0 Å². The molecule has 2 rings (SSSR count). The highest BCUT2D eigenvalue weighted by Crippen LogP contribution is 2.51. The Morgan fingerprint density at radius 2 is 1.94 bits per heavy atom. The van der Waals surface area contributed by atoms with E-state index in [2.05, 4.69) is 0 Å². The summed E-state index contributed by atoms with van der Waals surface area (Å²) in [6.45, 7) is 1.85. The second-order valence-corrected chi connectivity index (χ2v) is 4.45. The van der Waals surface area contributed by atoms with Gasteiger partial charge in [-0.3, -0.25) is 0 Å². The molecule has 88 valence electrons. The van der Waals surface area contributed by atoms with Crippen molar-refractivity contribution in [3.8, 4) is 0 Å². The maximum Gasteiger partial charge on any atom is 0.416 e. The molecule has 0 amide bonds. The SMILES string of the molecule is C[C@@H](N)[C@H]1C[C@@H]1c1ccccc1C(F)(F)F. The number of rotatable bonds is 2. The standard InChI is InChI=1S/C12H14F3N/c1-7(16)9-6-10(9)8-4-2-3-5-11(8)12(13,14)15/h2-5,7,9-10H,6,16H2,1H3/t7-,9-,10-/m1/s1. The normalized spacial score (nSPS) is 26.6. The molecule has 1 aliphatic carbocycles. The Balaban J connectivity index is 2.29. The number of hydrogen-bond donors (Lipinski definition) is 1. The van der Waals surface area contributed by atoms with Gasteiger partial charge in [-0.25, -0.2) is 0 Å². The quantitative estimate of drug-likeness (QED) is 0.828. The van der Waals surface area contributed by atoms with Crippen molar-refractivity contribution < 1.29 is 13.2 Å². The largest absolute Gasteiger partial charge is 0.416 e. The lowest BCUT2D eigenvalue weighted by molar-refractivity contribution is -0.138. The fourth-order valence-electron chi connectivity index (χ4n) is 2.23. The average Bonchev–Trinajstić information content (AvgIpc) is 2.95. The number of nitrogens with two attached hydrogens (primary N) is 1. The van der Waals surface area contributed by atoms with E-state index in [1.165, 1.54) is 6.07 Å². The van der Waals surface area contributed by atoms with Crippen LogP contribution in [0.1, 0.15) is 30.4 Å². The van der Waals surface area contributed by atoms with Gasteiger partial charge in [-0.05, 0) is 36.8 Å². The van der Waals surface area contributed by atoms with Crippen LogP contribution in [0.2, 0.25) is 0 Å². The Morgan fingerprint density at radius 3 is 2.44 bits per heavy atom. The van der Waals surface area contributed by atoms with Gasteiger partial charge in [0.05, 0.1) is 5.56 Å². The second kappa shape index (κ2) is 3.77. The third-order valence-corrected chi connectivity index (χ3v) is 3.18. The summed E-state index contributed by atoms with van der Waals surface area (Å²) >= 11 is 0. The predicted octanol–water partition coefficient (Wildman–Crippen LogP) is 3.16. The van der Waals surface area contributed by atoms with Crippen LogP contribution in [-0.2, 0) is 6.18 Å². The maximum atomic E-state index is 12.7. The zero-order valence-corrected chi connectivity index (χ0v) is 8.96. The Hall–Kier alpha value is -1.03. The Labute approximate surface area is 92.5 Å². The molecule has 1 aromatic rings. The Bertz CT molecular complexity index is 384. The first kappa shape index (κ1) is 11.5. The summed E-state index contributed by atoms with van der Waals surface area (Å²) in [5.74, 6) is 0.182. The zero-order chi connectivity index (χ0) is 11.9. The second-order valence-electron chi connectivity index (χ2n) is 4.45. The van der Waals surface area contributed by atoms with Crippen molar-refractivity contribution in [2.24, 2.45) is 11.7 Å². The van der Waals surface area contributed by atoms with Crippen molar-refractivity contribution in [1.82, 2.24) is 0 Å². The molecule has 3 atom stereocenters. The van der Waals surface area contributed by atoms with Gasteiger partial charge in [-0.1, -0.05) is 18.2 Å². The van der Waals surface area contributed by atoms with Gasteiger partial charge in [0, 0.05) is 6.04 Å². The van der Waals surface area contributed by atoms with Crippen LogP contribution in [0.15, 0.2) is 24.3 Å². The van der Waals surface area contributed by atoms with Gasteiger partial charge in [0.25, 0.3) is 0 Å². The molecule has 0 aromatic heterocycles. The van der Waals surface area contributed by atoms with Crippen molar-refractivity contribution in [3.63, 3.8) is 0 Å². The number of alkyl halides is 3. The molecule has 0 heterocycles. The summed E-state index contributed by atoms with van der Waals surface area (Å²) in [5, 5.41) is 0. The maximum absolute atomic E-state index is 12.7. The lowest BCUT2D eigenvalue weighted by atomic mass is 10.0. The summed E-state index contributed by atoms with van der Waals surface area (Å²) in [5.41, 5.74) is 5.59. The topological polar surface area (TPSA) is 26.0 Å². The third-order valence-electron chi connectivity index (χ3n) is 3.18. The van der Waals surface area contributed by atoms with Crippen LogP contribution in [0.25, 0.3) is 0 Å². The number of halogens is 3. The van der Waals surface area contributed by atoms with Crippen LogP contribution in [0, 0.1) is 5.92 Å². The van der Waals surface area contributed by atoms with Crippen LogP contribution in [-0.4, -0.2) is 6.04 Å². The van der Waals surface area contributed by atoms with Crippen molar-refractivity contribution in [3.05, 3.63) is 35.4 Å². The highest BCUT2D eigenvalue weighted by atomic mass is 19.4. The van der Waals surface area contributed by atoms with Crippen LogP contribution < -0.4 is 5.73 Å². The predicted molar refractivity (Wildman–Crippen MR) is 55.9 cm³/mol. The van der Waals surface area contributed by atoms with E-state index in [-0.39, 0.29) is 17.9 Å². The zero-order valence-electron chi connectivity index (χ0n) is 8.96. The van der Waals surface area contributed by atoms with Crippen molar-refractivity contribution in [2.75, 3.05) is 0 Å². The average molecular weight is 229 g/mol. The van der Waals surface area contributed by atoms with Crippen LogP contribution in [0.5, 0.6) is 0 Å². The Kier molecular flexibility index (Phi) is 2.70. The van der Waals surface area contributed by atoms with Gasteiger partial charge in [0.2, 0.25) is 0 Å². The van der Waals surface area contributed by atoms with E-state index in [4.69, 9.17) is 5.73 Å². The van der Waals surface area contributed by atoms with Crippen LogP contribution in [0.4, 0.5) is 13.2 Å². The summed E-state index contributed by atoms with van der Waals surface area (Å²) in [6.07, 6.45) is -3.49. The molecule has 0 radical (unpaired) electrons. The monoisotopic (exact) mass is 229 g/mol. The van der Waals surface area contributed by atoms with E-state index >= 15 is 0 Å². The minimum Gasteiger partial charge on any atom is -0.328 e. The third kappa shape index (κ3) is 2.07. The first-order chi connectivity index (χ1) is 7.41. The van der Waals surface area contributed by atoms with Crippen LogP contribution >= 0.6 is 0 Å². The van der Waals surface area contributed by atoms with E-state index in [1.54, 1.807) is 12.1 Å². The van der Waals surface area contributed by atoms with Gasteiger partial charge in [0.15, 0.2) is 0 Å². The molecule has 1 saturated carbocycles. The van der Waals surface area contributed by atoms with E-state index in [0.717, 1.165) is 12.5 Å². The summed E-state index contributed by atoms with van der Waals surface area (Å²) in [7, 11) is 0. The fraction of sp³-hybridized carbons (Fsp3) is 0.500. The highest BCUT2D eigenvalue weighted by Gasteiger charge is 2.45. The lowest BCUT2D eigenvalue weighted by Crippen LogP contribution is -2.18. The van der Waals surface area contributed by atoms with Crippen LogP contribution in [0.3, 0.4) is 0 Å². The molecule has 0 spiro atoms. The molecular weight excluding hydrogens is 215 g/mol. The summed E-state index contributed by atoms with van der Waals surface area (Å²) in [6, 6.07) is 5.75. The summed E-state index contributed by atoms with van der Waals surface area (Å²) in [4.78, 5) is 0. The van der Waals surface area contributed by atoms with Gasteiger partial charge in [-0.2, -0.15) is 13.2 Å². The molecule has 1 fully saturated rings. The molecule has 0 bridgehead atoms. The molecule has 1 aromatic carbocycles. The lowest BCUT2D eigenvalue weighted by Gasteiger charge is -2.13. The molecule has 0 unspecified atom stereocenters. The molecule has 1 nitrogen and oxygen atoms in total. The number of benzene rings is 1. The highest BCUT2D eigenvalue weighted by molar-refractivity contribution is 5.36. The van der Waals surface area contributed by atoms with Gasteiger partial charge in [-0.15, -0.1) is 0 Å². The van der Waals surface area contributed by atoms with E-state index in [0.29, 0.717) is 5.56 Å². The minimum absolute atomic E-state index is 0.0159. The molecule has 4 heteroatoms. The molecular formula is C12H14F3N. The minimum atomic E-state index is -4.26. The smallest absolute Gasteiger partial charge is 0.328 e. The summed E-state index contributed by atoms with van der Waals surface area (Å²) < 4.78 is 38.2. The molecule has 0 saturated heterocycles. The first-order valence-electron chi connectivity index (χ1n) is 5.33. The van der Waals surface area contributed by atoms with Gasteiger partial charge in [0.1, 0.15) is 0 Å². The molecule has 2 N–H and O–H groups in total. The van der Waals surface area contributed by atoms with E-state index < -0.39 is 11.7 Å². The molecule has 16 heavy (non-hydrogen) atoms. The van der Waals surface area contributed by atoms with E-state index in [1.807, 2.05) is 6.92 Å². The fourth-order valence-corrected chi connectivity index (χ4v) is 2.23. The first-order valence-corrected chi connectivity index (χ1v) is 5.33. The molecule has 1 aliphatic rings. The Morgan fingerprint density at radius 1 is 1.31 bits per heavy atom. The van der Waals surface area contributed by atoms with E-state index in [9.17, 15) is 13.2 Å². The van der Waals surface area contributed by atoms with Crippen molar-refractivity contribution >= 4 is 0 Å². The van der Waals surface area contributed by atoms with Gasteiger partial charge < -0.3 is 5.73 Å². The molecule has 0 aliphatic heterocycles. The van der Waals surface area contributed by atoms with Gasteiger partial charge >= 0.3 is 6.18 Å². The van der Waals surface area contributed by atoms with Crippen molar-refractivity contribution in [2.45, 2.75) is 31.5 Å². The number of hydrogen-bond acceptors (Lipinski definition) is 1.